The summed E-state index contributed by atoms with van der Waals surface area (Å²) < 4.78 is 20.9. The molecule has 3 aromatic rings. The number of piperazine rings is 1. The minimum absolute atomic E-state index is 0.126. The van der Waals surface area contributed by atoms with Crippen LogP contribution in [0.2, 0.25) is 0 Å². The first-order valence-corrected chi connectivity index (χ1v) is 11.3. The average Bonchev–Trinajstić information content (AvgIpc) is 3.49. The van der Waals surface area contributed by atoms with Crippen molar-refractivity contribution < 1.29 is 8.81 Å². The van der Waals surface area contributed by atoms with Crippen LogP contribution in [-0.4, -0.2) is 62.2 Å². The van der Waals surface area contributed by atoms with E-state index in [1.807, 2.05) is 24.3 Å². The molecule has 1 saturated carbocycles. The smallest absolute Gasteiger partial charge is 0.173 e. The fourth-order valence-electron chi connectivity index (χ4n) is 5.05. The summed E-state index contributed by atoms with van der Waals surface area (Å²) in [5, 5.41) is 12.6. The van der Waals surface area contributed by atoms with Gasteiger partial charge < -0.3 is 4.42 Å². The lowest BCUT2D eigenvalue weighted by molar-refractivity contribution is 0.0620. The van der Waals surface area contributed by atoms with Crippen molar-refractivity contribution in [2.24, 2.45) is 0 Å². The third kappa shape index (κ3) is 4.55. The molecular formula is C23H29FN6O. The largest absolute Gasteiger partial charge is 0.467 e. The highest BCUT2D eigenvalue weighted by Gasteiger charge is 2.32. The predicted octanol–water partition coefficient (Wildman–Crippen LogP) is 3.49. The highest BCUT2D eigenvalue weighted by Crippen LogP contribution is 2.30. The molecule has 1 aliphatic carbocycles. The van der Waals surface area contributed by atoms with Gasteiger partial charge in [0.25, 0.3) is 0 Å². The Bertz CT molecular complexity index is 943. The van der Waals surface area contributed by atoms with Gasteiger partial charge in [0.15, 0.2) is 5.82 Å². The molecule has 0 amide bonds. The zero-order valence-corrected chi connectivity index (χ0v) is 17.7. The van der Waals surface area contributed by atoms with E-state index in [9.17, 15) is 4.39 Å². The lowest BCUT2D eigenvalue weighted by Crippen LogP contribution is -2.52. The van der Waals surface area contributed by atoms with Gasteiger partial charge in [0.05, 0.1) is 12.3 Å². The van der Waals surface area contributed by atoms with E-state index in [4.69, 9.17) is 4.42 Å². The summed E-state index contributed by atoms with van der Waals surface area (Å²) in [7, 11) is 0. The third-order valence-corrected chi connectivity index (χ3v) is 6.68. The van der Waals surface area contributed by atoms with Gasteiger partial charge in [0.2, 0.25) is 0 Å². The van der Waals surface area contributed by atoms with Crippen LogP contribution in [0.5, 0.6) is 0 Å². The van der Waals surface area contributed by atoms with E-state index < -0.39 is 0 Å². The summed E-state index contributed by atoms with van der Waals surface area (Å²) in [5.41, 5.74) is 1.00. The summed E-state index contributed by atoms with van der Waals surface area (Å²) in [5.74, 6) is 1.32. The van der Waals surface area contributed by atoms with Gasteiger partial charge in [0.1, 0.15) is 18.1 Å². The molecule has 0 radical (unpaired) electrons. The monoisotopic (exact) mass is 424 g/mol. The topological polar surface area (TPSA) is 63.2 Å². The van der Waals surface area contributed by atoms with Gasteiger partial charge in [-0.2, -0.15) is 0 Å². The quantitative estimate of drug-likeness (QED) is 0.604. The molecule has 0 N–H and O–H groups in total. The Labute approximate surface area is 181 Å². The molecule has 7 nitrogen and oxygen atoms in total. The number of benzene rings is 1. The van der Waals surface area contributed by atoms with E-state index in [1.54, 1.807) is 10.9 Å². The Morgan fingerprint density at radius 1 is 1.00 bits per heavy atom. The average molecular weight is 425 g/mol. The van der Waals surface area contributed by atoms with Crippen LogP contribution in [0.4, 0.5) is 4.39 Å². The maximum atomic E-state index is 13.6. The molecular weight excluding hydrogens is 395 g/mol. The summed E-state index contributed by atoms with van der Waals surface area (Å²) in [4.78, 5) is 5.08. The van der Waals surface area contributed by atoms with Crippen molar-refractivity contribution in [1.29, 1.82) is 0 Å². The molecule has 2 aromatic heterocycles. The van der Waals surface area contributed by atoms with Gasteiger partial charge in [0, 0.05) is 32.2 Å². The predicted molar refractivity (Wildman–Crippen MR) is 114 cm³/mol. The Hall–Kier alpha value is -2.58. The number of hydrogen-bond donors (Lipinski definition) is 0. The normalized spacial score (nSPS) is 20.2. The van der Waals surface area contributed by atoms with Crippen molar-refractivity contribution in [1.82, 2.24) is 30.0 Å². The zero-order valence-electron chi connectivity index (χ0n) is 17.7. The molecule has 0 spiro atoms. The Morgan fingerprint density at radius 2 is 1.77 bits per heavy atom. The number of hydrogen-bond acceptors (Lipinski definition) is 6. The lowest BCUT2D eigenvalue weighted by atomic mass is 9.93. The number of tetrazole rings is 1. The van der Waals surface area contributed by atoms with Crippen molar-refractivity contribution in [3.05, 3.63) is 65.6 Å². The summed E-state index contributed by atoms with van der Waals surface area (Å²) in [6.07, 6.45) is 8.38. The number of nitrogens with zero attached hydrogens (tertiary/aromatic N) is 6. The molecule has 1 atom stereocenters. The second-order valence-corrected chi connectivity index (χ2v) is 8.59. The number of rotatable bonds is 6. The van der Waals surface area contributed by atoms with E-state index in [-0.39, 0.29) is 11.9 Å². The fraction of sp³-hybridized carbons (Fsp3) is 0.522. The number of furan rings is 1. The summed E-state index contributed by atoms with van der Waals surface area (Å²) >= 11 is 0. The molecule has 8 heteroatoms. The number of halogens is 1. The number of aromatic nitrogens is 4. The van der Waals surface area contributed by atoms with Crippen LogP contribution in [0.25, 0.3) is 0 Å². The summed E-state index contributed by atoms with van der Waals surface area (Å²) in [6, 6.07) is 11.1. The Balaban J connectivity index is 1.39. The highest BCUT2D eigenvalue weighted by molar-refractivity contribution is 5.26. The van der Waals surface area contributed by atoms with Crippen LogP contribution in [0.1, 0.15) is 55.3 Å². The van der Waals surface area contributed by atoms with Crippen LogP contribution in [0.3, 0.4) is 0 Å². The maximum Gasteiger partial charge on any atom is 0.173 e. The van der Waals surface area contributed by atoms with Gasteiger partial charge in [-0.15, -0.1) is 5.10 Å². The molecule has 1 saturated heterocycles. The first-order valence-electron chi connectivity index (χ1n) is 11.3. The molecule has 1 aromatic carbocycles. The van der Waals surface area contributed by atoms with Crippen molar-refractivity contribution in [2.45, 2.75) is 50.7 Å². The molecule has 2 aliphatic rings. The molecule has 1 aliphatic heterocycles. The highest BCUT2D eigenvalue weighted by atomic mass is 19.1. The van der Waals surface area contributed by atoms with Crippen LogP contribution < -0.4 is 0 Å². The lowest BCUT2D eigenvalue weighted by Gasteiger charge is -2.43. The van der Waals surface area contributed by atoms with Crippen LogP contribution in [0, 0.1) is 5.82 Å². The SMILES string of the molecule is Fc1ccc([C@H](c2nnnn2Cc2ccco2)N2CCN(C3CCCCC3)CC2)cc1. The maximum absolute atomic E-state index is 13.6. The summed E-state index contributed by atoms with van der Waals surface area (Å²) in [6.45, 7) is 4.43. The van der Waals surface area contributed by atoms with Crippen molar-refractivity contribution >= 4 is 0 Å². The van der Waals surface area contributed by atoms with Crippen molar-refractivity contribution in [3.8, 4) is 0 Å². The fourth-order valence-corrected chi connectivity index (χ4v) is 5.05. The minimum atomic E-state index is -0.236. The molecule has 31 heavy (non-hydrogen) atoms. The van der Waals surface area contributed by atoms with Gasteiger partial charge in [-0.3, -0.25) is 9.80 Å². The van der Waals surface area contributed by atoms with E-state index >= 15 is 0 Å². The van der Waals surface area contributed by atoms with E-state index in [2.05, 4.69) is 25.3 Å². The molecule has 164 valence electrons. The van der Waals surface area contributed by atoms with Gasteiger partial charge in [-0.25, -0.2) is 9.07 Å². The second kappa shape index (κ2) is 9.28. The molecule has 3 heterocycles. The molecule has 0 bridgehead atoms. The van der Waals surface area contributed by atoms with Gasteiger partial charge in [-0.05, 0) is 53.1 Å². The molecule has 2 fully saturated rings. The zero-order chi connectivity index (χ0) is 21.0. The van der Waals surface area contributed by atoms with E-state index in [0.29, 0.717) is 6.54 Å². The second-order valence-electron chi connectivity index (χ2n) is 8.59. The van der Waals surface area contributed by atoms with Crippen LogP contribution in [-0.2, 0) is 6.54 Å². The molecule has 0 unspecified atom stereocenters. The van der Waals surface area contributed by atoms with E-state index in [0.717, 1.165) is 49.4 Å². The van der Waals surface area contributed by atoms with E-state index in [1.165, 1.54) is 44.2 Å². The van der Waals surface area contributed by atoms with Crippen LogP contribution >= 0.6 is 0 Å². The molecule has 5 rings (SSSR count). The minimum Gasteiger partial charge on any atom is -0.467 e. The first kappa shape index (κ1) is 20.3. The standard InChI is InChI=1S/C23H29FN6O/c24-19-10-8-18(9-11-19)22(23-25-26-27-30(23)17-21-7-4-16-31-21)29-14-12-28(13-15-29)20-5-2-1-3-6-20/h4,7-11,16,20,22H,1-3,5-6,12-15,17H2/t22-/m1/s1. The van der Waals surface area contributed by atoms with Crippen LogP contribution in [0.15, 0.2) is 47.1 Å². The first-order chi connectivity index (χ1) is 15.3. The third-order valence-electron chi connectivity index (χ3n) is 6.68. The van der Waals surface area contributed by atoms with Crippen molar-refractivity contribution in [2.75, 3.05) is 26.2 Å². The van der Waals surface area contributed by atoms with Gasteiger partial charge >= 0.3 is 0 Å². The van der Waals surface area contributed by atoms with Gasteiger partial charge in [-0.1, -0.05) is 31.4 Å². The van der Waals surface area contributed by atoms with Crippen molar-refractivity contribution in [3.63, 3.8) is 0 Å². The Morgan fingerprint density at radius 3 is 2.48 bits per heavy atom. The Kier molecular flexibility index (Phi) is 6.08.